The summed E-state index contributed by atoms with van der Waals surface area (Å²) in [4.78, 5) is 23.7. The van der Waals surface area contributed by atoms with Crippen LogP contribution in [0.5, 0.6) is 0 Å². The number of nitrogens with zero attached hydrogens (tertiary/aromatic N) is 4. The summed E-state index contributed by atoms with van der Waals surface area (Å²) in [5.41, 5.74) is 3.91. The summed E-state index contributed by atoms with van der Waals surface area (Å²) in [5, 5.41) is 7.45. The third-order valence-electron chi connectivity index (χ3n) is 5.15. The molecule has 1 aliphatic rings. The number of carbonyl (C=O) groups is 1. The summed E-state index contributed by atoms with van der Waals surface area (Å²) < 4.78 is 5.58. The molecule has 7 nitrogen and oxygen atoms in total. The molecule has 0 radical (unpaired) electrons. The van der Waals surface area contributed by atoms with Crippen molar-refractivity contribution >= 4 is 22.8 Å². The van der Waals surface area contributed by atoms with Gasteiger partial charge in [-0.15, -0.1) is 0 Å². The molecule has 1 fully saturated rings. The fourth-order valence-corrected chi connectivity index (χ4v) is 3.60. The number of anilines is 1. The predicted molar refractivity (Wildman–Crippen MR) is 108 cm³/mol. The van der Waals surface area contributed by atoms with Gasteiger partial charge in [0.2, 0.25) is 11.5 Å². The van der Waals surface area contributed by atoms with E-state index in [1.54, 1.807) is 0 Å². The molecular formula is C21H25N5O2. The van der Waals surface area contributed by atoms with E-state index in [1.165, 1.54) is 12.0 Å². The van der Waals surface area contributed by atoms with Crippen molar-refractivity contribution in [2.45, 2.75) is 46.1 Å². The lowest BCUT2D eigenvalue weighted by Gasteiger charge is -2.29. The highest BCUT2D eigenvalue weighted by Gasteiger charge is 2.25. The van der Waals surface area contributed by atoms with E-state index < -0.39 is 6.04 Å². The molecule has 1 unspecified atom stereocenters. The van der Waals surface area contributed by atoms with Gasteiger partial charge in [-0.3, -0.25) is 4.79 Å². The third-order valence-corrected chi connectivity index (χ3v) is 5.15. The number of rotatable bonds is 4. The number of aromatic nitrogens is 3. The number of carbonyl (C=O) groups excluding carboxylic acids is 1. The van der Waals surface area contributed by atoms with E-state index in [0.717, 1.165) is 31.5 Å². The topological polar surface area (TPSA) is 84.2 Å². The van der Waals surface area contributed by atoms with Gasteiger partial charge in [-0.1, -0.05) is 35.0 Å². The molecule has 2 aromatic heterocycles. The average Bonchev–Trinajstić information content (AvgIpc) is 3.12. The van der Waals surface area contributed by atoms with Gasteiger partial charge in [0, 0.05) is 18.7 Å². The van der Waals surface area contributed by atoms with Crippen LogP contribution in [0.3, 0.4) is 0 Å². The zero-order valence-electron chi connectivity index (χ0n) is 16.5. The van der Waals surface area contributed by atoms with Crippen LogP contribution >= 0.6 is 0 Å². The monoisotopic (exact) mass is 379 g/mol. The molecule has 1 atom stereocenters. The minimum atomic E-state index is -0.400. The van der Waals surface area contributed by atoms with Crippen LogP contribution in [-0.4, -0.2) is 45.1 Å². The summed E-state index contributed by atoms with van der Waals surface area (Å²) in [7, 11) is 0. The van der Waals surface area contributed by atoms with Crippen LogP contribution in [0.2, 0.25) is 0 Å². The first kappa shape index (κ1) is 18.4. The molecule has 1 amide bonds. The molecule has 1 N–H and O–H groups in total. The maximum Gasteiger partial charge on any atom is 0.244 e. The van der Waals surface area contributed by atoms with Crippen LogP contribution in [0.15, 0.2) is 28.8 Å². The van der Waals surface area contributed by atoms with Crippen molar-refractivity contribution < 1.29 is 9.32 Å². The van der Waals surface area contributed by atoms with Crippen molar-refractivity contribution in [2.75, 3.05) is 18.4 Å². The number of likely N-dealkylation sites (tertiary alicyclic amines) is 1. The lowest BCUT2D eigenvalue weighted by molar-refractivity contribution is -0.132. The molecule has 1 saturated heterocycles. The highest BCUT2D eigenvalue weighted by molar-refractivity contribution is 5.95. The van der Waals surface area contributed by atoms with Gasteiger partial charge in [0.15, 0.2) is 5.82 Å². The molecule has 3 aromatic rings. The third kappa shape index (κ3) is 3.56. The van der Waals surface area contributed by atoms with Crippen molar-refractivity contribution in [3.05, 3.63) is 35.7 Å². The Morgan fingerprint density at radius 3 is 2.54 bits per heavy atom. The number of hydrogen-bond acceptors (Lipinski definition) is 6. The summed E-state index contributed by atoms with van der Waals surface area (Å²) >= 11 is 0. The van der Waals surface area contributed by atoms with Crippen molar-refractivity contribution in [1.29, 1.82) is 0 Å². The van der Waals surface area contributed by atoms with Crippen LogP contribution in [0, 0.1) is 13.8 Å². The second kappa shape index (κ2) is 7.58. The number of amides is 1. The van der Waals surface area contributed by atoms with Gasteiger partial charge in [-0.25, -0.2) is 9.97 Å². The fourth-order valence-electron chi connectivity index (χ4n) is 3.60. The number of hydrogen-bond donors (Lipinski definition) is 1. The second-order valence-electron chi connectivity index (χ2n) is 7.45. The van der Waals surface area contributed by atoms with E-state index in [-0.39, 0.29) is 5.91 Å². The van der Waals surface area contributed by atoms with E-state index in [2.05, 4.69) is 20.4 Å². The Kier molecular flexibility index (Phi) is 4.98. The largest absolute Gasteiger partial charge is 0.355 e. The average molecular weight is 379 g/mol. The maximum atomic E-state index is 12.8. The quantitative estimate of drug-likeness (QED) is 0.744. The zero-order chi connectivity index (χ0) is 19.7. The van der Waals surface area contributed by atoms with E-state index in [1.807, 2.05) is 49.9 Å². The molecule has 146 valence electrons. The van der Waals surface area contributed by atoms with Gasteiger partial charge in [0.25, 0.3) is 0 Å². The van der Waals surface area contributed by atoms with Gasteiger partial charge >= 0.3 is 0 Å². The van der Waals surface area contributed by atoms with Crippen LogP contribution in [0.4, 0.5) is 5.82 Å². The van der Waals surface area contributed by atoms with Crippen LogP contribution < -0.4 is 5.32 Å². The Balaban J connectivity index is 1.64. The van der Waals surface area contributed by atoms with E-state index >= 15 is 0 Å². The smallest absolute Gasteiger partial charge is 0.244 e. The predicted octanol–water partition coefficient (Wildman–Crippen LogP) is 3.71. The second-order valence-corrected chi connectivity index (χ2v) is 7.45. The lowest BCUT2D eigenvalue weighted by Crippen LogP contribution is -2.44. The van der Waals surface area contributed by atoms with Crippen LogP contribution in [0.1, 0.15) is 37.6 Å². The standard InChI is InChI=1S/C21H25N5O2/c1-13-7-9-16(10-8-13)17-18-19(28-25-17)20(24-15(3)23-18)22-14(2)21(27)26-11-5-4-6-12-26/h7-10,14H,4-6,11-12H2,1-3H3,(H,22,23,24). The first-order chi connectivity index (χ1) is 13.5. The Labute approximate surface area is 164 Å². The molecule has 7 heteroatoms. The number of piperidine rings is 1. The summed E-state index contributed by atoms with van der Waals surface area (Å²) in [5.74, 6) is 1.19. The Bertz CT molecular complexity index is 990. The minimum absolute atomic E-state index is 0.0855. The minimum Gasteiger partial charge on any atom is -0.355 e. The first-order valence-electron chi connectivity index (χ1n) is 9.79. The molecule has 0 aliphatic carbocycles. The van der Waals surface area contributed by atoms with Crippen LogP contribution in [0.25, 0.3) is 22.4 Å². The summed E-state index contributed by atoms with van der Waals surface area (Å²) in [6.45, 7) is 7.37. The summed E-state index contributed by atoms with van der Waals surface area (Å²) in [6, 6.07) is 7.66. The Hall–Kier alpha value is -2.96. The van der Waals surface area contributed by atoms with Crippen molar-refractivity contribution in [2.24, 2.45) is 0 Å². The van der Waals surface area contributed by atoms with Crippen molar-refractivity contribution in [1.82, 2.24) is 20.0 Å². The highest BCUT2D eigenvalue weighted by Crippen LogP contribution is 2.30. The molecule has 4 rings (SSSR count). The van der Waals surface area contributed by atoms with Crippen molar-refractivity contribution in [3.63, 3.8) is 0 Å². The van der Waals surface area contributed by atoms with E-state index in [0.29, 0.717) is 28.4 Å². The maximum absolute atomic E-state index is 12.8. The van der Waals surface area contributed by atoms with Crippen LogP contribution in [-0.2, 0) is 4.79 Å². The number of aryl methyl sites for hydroxylation is 2. The first-order valence-corrected chi connectivity index (χ1v) is 9.79. The number of nitrogens with one attached hydrogen (secondary N) is 1. The molecule has 0 bridgehead atoms. The normalized spacial score (nSPS) is 15.6. The number of fused-ring (bicyclic) bond motifs is 1. The molecule has 1 aromatic carbocycles. The Morgan fingerprint density at radius 1 is 1.11 bits per heavy atom. The summed E-state index contributed by atoms with van der Waals surface area (Å²) in [6.07, 6.45) is 3.33. The van der Waals surface area contributed by atoms with E-state index in [9.17, 15) is 4.79 Å². The molecule has 1 aliphatic heterocycles. The molecule has 0 saturated carbocycles. The molecule has 0 spiro atoms. The number of benzene rings is 1. The van der Waals surface area contributed by atoms with Gasteiger partial charge in [0.1, 0.15) is 23.1 Å². The SMILES string of the molecule is Cc1ccc(-c2noc3c(NC(C)C(=O)N4CCCCC4)nc(C)nc23)cc1. The molecular weight excluding hydrogens is 354 g/mol. The van der Waals surface area contributed by atoms with E-state index in [4.69, 9.17) is 4.52 Å². The Morgan fingerprint density at radius 2 is 1.82 bits per heavy atom. The van der Waals surface area contributed by atoms with Crippen molar-refractivity contribution in [3.8, 4) is 11.3 Å². The highest BCUT2D eigenvalue weighted by atomic mass is 16.5. The molecule has 28 heavy (non-hydrogen) atoms. The van der Waals surface area contributed by atoms with Gasteiger partial charge in [-0.05, 0) is 40.0 Å². The lowest BCUT2D eigenvalue weighted by atomic mass is 10.1. The van der Waals surface area contributed by atoms with Gasteiger partial charge < -0.3 is 14.7 Å². The molecule has 3 heterocycles. The van der Waals surface area contributed by atoms with Gasteiger partial charge in [0.05, 0.1) is 0 Å². The zero-order valence-corrected chi connectivity index (χ0v) is 16.5. The van der Waals surface area contributed by atoms with Gasteiger partial charge in [-0.2, -0.15) is 0 Å². The fraction of sp³-hybridized carbons (Fsp3) is 0.429.